The number of thiazole rings is 1. The van der Waals surface area contributed by atoms with E-state index in [0.717, 1.165) is 53.7 Å². The third-order valence-corrected chi connectivity index (χ3v) is 7.58. The van der Waals surface area contributed by atoms with E-state index in [-0.39, 0.29) is 11.8 Å². The van der Waals surface area contributed by atoms with Crippen LogP contribution in [0.3, 0.4) is 0 Å². The fourth-order valence-corrected chi connectivity index (χ4v) is 5.81. The molecule has 1 atom stereocenters. The zero-order chi connectivity index (χ0) is 19.6. The summed E-state index contributed by atoms with van der Waals surface area (Å²) in [4.78, 5) is 22.1. The molecule has 2 aliphatic rings. The van der Waals surface area contributed by atoms with E-state index in [1.54, 1.807) is 22.7 Å². The van der Waals surface area contributed by atoms with Crippen LogP contribution >= 0.6 is 22.7 Å². The Bertz CT molecular complexity index is 960. The van der Waals surface area contributed by atoms with E-state index in [1.165, 1.54) is 23.4 Å². The molecule has 1 aliphatic heterocycles. The lowest BCUT2D eigenvalue weighted by molar-refractivity contribution is -0.120. The Balaban J connectivity index is 1.24. The summed E-state index contributed by atoms with van der Waals surface area (Å²) in [5, 5.41) is 14.7. The molecule has 8 heteroatoms. The largest absolute Gasteiger partial charge is 0.354 e. The van der Waals surface area contributed by atoms with Gasteiger partial charge in [-0.25, -0.2) is 4.98 Å². The van der Waals surface area contributed by atoms with Crippen molar-refractivity contribution >= 4 is 39.5 Å². The molecule has 0 saturated carbocycles. The number of hydrogen-bond acceptors (Lipinski definition) is 7. The van der Waals surface area contributed by atoms with Crippen molar-refractivity contribution in [2.45, 2.75) is 38.5 Å². The molecule has 29 heavy (non-hydrogen) atoms. The number of anilines is 2. The molecule has 1 fully saturated rings. The number of aryl methyl sites for hydroxylation is 2. The highest BCUT2D eigenvalue weighted by molar-refractivity contribution is 7.15. The fraction of sp³-hybridized carbons (Fsp3) is 0.429. The van der Waals surface area contributed by atoms with Gasteiger partial charge in [-0.05, 0) is 62.1 Å². The summed E-state index contributed by atoms with van der Waals surface area (Å²) in [7, 11) is 0. The second kappa shape index (κ2) is 8.20. The SMILES string of the molecule is O=C(Nc1nc2c(s1)CCCC2)C1CCCN(c2ccc(-c3cccs3)nn2)C1. The van der Waals surface area contributed by atoms with Crippen LogP contribution in [-0.2, 0) is 17.6 Å². The second-order valence-corrected chi connectivity index (χ2v) is 9.66. The van der Waals surface area contributed by atoms with Crippen LogP contribution in [-0.4, -0.2) is 34.2 Å². The Morgan fingerprint density at radius 3 is 2.86 bits per heavy atom. The molecule has 1 unspecified atom stereocenters. The summed E-state index contributed by atoms with van der Waals surface area (Å²) >= 11 is 3.31. The third-order valence-electron chi connectivity index (χ3n) is 5.62. The molecule has 150 valence electrons. The van der Waals surface area contributed by atoms with E-state index >= 15 is 0 Å². The van der Waals surface area contributed by atoms with Crippen LogP contribution in [0.4, 0.5) is 10.9 Å². The van der Waals surface area contributed by atoms with Crippen molar-refractivity contribution in [3.63, 3.8) is 0 Å². The predicted octanol–water partition coefficient (Wildman–Crippen LogP) is 4.40. The van der Waals surface area contributed by atoms with Crippen LogP contribution in [0.5, 0.6) is 0 Å². The maximum Gasteiger partial charge on any atom is 0.231 e. The molecule has 0 bridgehead atoms. The van der Waals surface area contributed by atoms with Crippen molar-refractivity contribution in [3.05, 3.63) is 40.2 Å². The second-order valence-electron chi connectivity index (χ2n) is 7.62. The number of nitrogens with zero attached hydrogens (tertiary/aromatic N) is 4. The lowest BCUT2D eigenvalue weighted by Gasteiger charge is -2.32. The zero-order valence-electron chi connectivity index (χ0n) is 16.1. The lowest BCUT2D eigenvalue weighted by atomic mass is 9.97. The number of carbonyl (C=O) groups is 1. The number of piperidine rings is 1. The molecule has 5 rings (SSSR count). The molecule has 1 N–H and O–H groups in total. The minimum atomic E-state index is -0.0524. The Morgan fingerprint density at radius 1 is 1.14 bits per heavy atom. The Hall–Kier alpha value is -2.32. The summed E-state index contributed by atoms with van der Waals surface area (Å²) < 4.78 is 0. The van der Waals surface area contributed by atoms with Crippen molar-refractivity contribution in [3.8, 4) is 10.6 Å². The fourth-order valence-electron chi connectivity index (χ4n) is 4.06. The molecule has 0 spiro atoms. The van der Waals surface area contributed by atoms with Crippen molar-refractivity contribution in [2.24, 2.45) is 5.92 Å². The van der Waals surface area contributed by atoms with Crippen molar-refractivity contribution < 1.29 is 4.79 Å². The van der Waals surface area contributed by atoms with Gasteiger partial charge in [0.05, 0.1) is 16.5 Å². The molecule has 1 saturated heterocycles. The highest BCUT2D eigenvalue weighted by Crippen LogP contribution is 2.31. The maximum atomic E-state index is 12.9. The van der Waals surface area contributed by atoms with E-state index in [2.05, 4.69) is 25.4 Å². The highest BCUT2D eigenvalue weighted by Gasteiger charge is 2.28. The molecular formula is C21H23N5OS2. The smallest absolute Gasteiger partial charge is 0.231 e. The molecule has 4 heterocycles. The molecule has 0 aromatic carbocycles. The predicted molar refractivity (Wildman–Crippen MR) is 118 cm³/mol. The van der Waals surface area contributed by atoms with Crippen LogP contribution < -0.4 is 10.2 Å². The molecule has 6 nitrogen and oxygen atoms in total. The maximum absolute atomic E-state index is 12.9. The zero-order valence-corrected chi connectivity index (χ0v) is 17.8. The monoisotopic (exact) mass is 425 g/mol. The number of hydrogen-bond donors (Lipinski definition) is 1. The highest BCUT2D eigenvalue weighted by atomic mass is 32.1. The van der Waals surface area contributed by atoms with Gasteiger partial charge in [0.2, 0.25) is 5.91 Å². The van der Waals surface area contributed by atoms with E-state index in [1.807, 2.05) is 29.6 Å². The first kappa shape index (κ1) is 18.7. The molecule has 0 radical (unpaired) electrons. The minimum absolute atomic E-state index is 0.0524. The van der Waals surface area contributed by atoms with Gasteiger partial charge in [0.1, 0.15) is 5.69 Å². The normalized spacial score (nSPS) is 19.0. The van der Waals surface area contributed by atoms with E-state index < -0.39 is 0 Å². The quantitative estimate of drug-likeness (QED) is 0.671. The number of nitrogens with one attached hydrogen (secondary N) is 1. The van der Waals surface area contributed by atoms with Gasteiger partial charge in [-0.1, -0.05) is 6.07 Å². The Morgan fingerprint density at radius 2 is 2.07 bits per heavy atom. The Kier molecular flexibility index (Phi) is 5.28. The summed E-state index contributed by atoms with van der Waals surface area (Å²) in [6, 6.07) is 8.09. The van der Waals surface area contributed by atoms with E-state index in [4.69, 9.17) is 0 Å². The van der Waals surface area contributed by atoms with Gasteiger partial charge in [-0.15, -0.1) is 32.9 Å². The minimum Gasteiger partial charge on any atom is -0.354 e. The molecule has 3 aromatic rings. The molecule has 1 amide bonds. The summed E-state index contributed by atoms with van der Waals surface area (Å²) in [5.74, 6) is 0.861. The molecular weight excluding hydrogens is 402 g/mol. The van der Waals surface area contributed by atoms with Gasteiger partial charge in [0.25, 0.3) is 0 Å². The number of rotatable bonds is 4. The summed E-state index contributed by atoms with van der Waals surface area (Å²) in [6.07, 6.45) is 6.44. The van der Waals surface area contributed by atoms with Gasteiger partial charge in [-0.3, -0.25) is 4.79 Å². The van der Waals surface area contributed by atoms with Gasteiger partial charge < -0.3 is 10.2 Å². The first-order valence-corrected chi connectivity index (χ1v) is 11.9. The van der Waals surface area contributed by atoms with Gasteiger partial charge in [0.15, 0.2) is 10.9 Å². The number of aromatic nitrogens is 3. The standard InChI is InChI=1S/C21H23N5OS2/c27-20(23-21-22-15-6-1-2-7-18(15)29-21)14-5-3-11-26(13-14)19-10-9-16(24-25-19)17-8-4-12-28-17/h4,8-10,12,14H,1-3,5-7,11,13H2,(H,22,23,27). The van der Waals surface area contributed by atoms with Crippen LogP contribution in [0.15, 0.2) is 29.6 Å². The average Bonchev–Trinajstić information content (AvgIpc) is 3.43. The van der Waals surface area contributed by atoms with Crippen molar-refractivity contribution in [2.75, 3.05) is 23.3 Å². The number of amides is 1. The third kappa shape index (κ3) is 4.04. The Labute approximate surface area is 178 Å². The summed E-state index contributed by atoms with van der Waals surface area (Å²) in [5.41, 5.74) is 2.07. The number of fused-ring (bicyclic) bond motifs is 1. The molecule has 3 aromatic heterocycles. The lowest BCUT2D eigenvalue weighted by Crippen LogP contribution is -2.41. The van der Waals surface area contributed by atoms with Gasteiger partial charge >= 0.3 is 0 Å². The average molecular weight is 426 g/mol. The summed E-state index contributed by atoms with van der Waals surface area (Å²) in [6.45, 7) is 1.58. The first-order valence-electron chi connectivity index (χ1n) is 10.2. The first-order chi connectivity index (χ1) is 14.3. The van der Waals surface area contributed by atoms with Crippen LogP contribution in [0.1, 0.15) is 36.3 Å². The number of carbonyl (C=O) groups excluding carboxylic acids is 1. The van der Waals surface area contributed by atoms with Crippen molar-refractivity contribution in [1.82, 2.24) is 15.2 Å². The van der Waals surface area contributed by atoms with Crippen molar-refractivity contribution in [1.29, 1.82) is 0 Å². The van der Waals surface area contributed by atoms with Crippen LogP contribution in [0, 0.1) is 5.92 Å². The number of thiophene rings is 1. The van der Waals surface area contributed by atoms with Gasteiger partial charge in [-0.2, -0.15) is 0 Å². The van der Waals surface area contributed by atoms with Gasteiger partial charge in [0, 0.05) is 18.0 Å². The van der Waals surface area contributed by atoms with Crippen LogP contribution in [0.25, 0.3) is 10.6 Å². The van der Waals surface area contributed by atoms with Crippen LogP contribution in [0.2, 0.25) is 0 Å². The van der Waals surface area contributed by atoms with E-state index in [9.17, 15) is 4.79 Å². The topological polar surface area (TPSA) is 71.0 Å². The van der Waals surface area contributed by atoms with E-state index in [0.29, 0.717) is 6.54 Å². The molecule has 1 aliphatic carbocycles.